The topological polar surface area (TPSA) is 0 Å². The maximum Gasteiger partial charge on any atom is -0.00725 e. The Morgan fingerprint density at radius 1 is 1.31 bits per heavy atom. The molecule has 0 aromatic carbocycles. The Balaban J connectivity index is 2.71. The highest BCUT2D eigenvalue weighted by Gasteiger charge is 2.07. The molecule has 1 aliphatic rings. The summed E-state index contributed by atoms with van der Waals surface area (Å²) in [6, 6.07) is 0. The first-order valence-corrected chi connectivity index (χ1v) is 4.81. The SMILES string of the molecule is C=C(C)CC(=C)C1=CCCC=C1C. The maximum absolute atomic E-state index is 4.10. The monoisotopic (exact) mass is 174 g/mol. The highest BCUT2D eigenvalue weighted by molar-refractivity contribution is 5.47. The van der Waals surface area contributed by atoms with Crippen LogP contribution in [-0.4, -0.2) is 0 Å². The molecule has 13 heavy (non-hydrogen) atoms. The lowest BCUT2D eigenvalue weighted by atomic mass is 9.91. The molecule has 0 atom stereocenters. The zero-order valence-electron chi connectivity index (χ0n) is 8.69. The average molecular weight is 174 g/mol. The zero-order valence-corrected chi connectivity index (χ0v) is 8.69. The summed E-state index contributed by atoms with van der Waals surface area (Å²) in [5.74, 6) is 0. The van der Waals surface area contributed by atoms with Crippen LogP contribution in [0.4, 0.5) is 0 Å². The van der Waals surface area contributed by atoms with Gasteiger partial charge in [0.25, 0.3) is 0 Å². The number of rotatable bonds is 3. The van der Waals surface area contributed by atoms with Gasteiger partial charge in [0.05, 0.1) is 0 Å². The molecule has 0 aromatic rings. The molecule has 0 fully saturated rings. The van der Waals surface area contributed by atoms with Crippen LogP contribution in [-0.2, 0) is 0 Å². The third-order valence-electron chi connectivity index (χ3n) is 2.29. The lowest BCUT2D eigenvalue weighted by molar-refractivity contribution is 0.981. The van der Waals surface area contributed by atoms with Gasteiger partial charge in [0.2, 0.25) is 0 Å². The second kappa shape index (κ2) is 4.27. The summed E-state index contributed by atoms with van der Waals surface area (Å²) in [5, 5.41) is 0. The molecule has 0 saturated carbocycles. The maximum atomic E-state index is 4.10. The van der Waals surface area contributed by atoms with Gasteiger partial charge in [-0.25, -0.2) is 0 Å². The van der Waals surface area contributed by atoms with Crippen LogP contribution in [0.15, 0.2) is 47.6 Å². The Hall–Kier alpha value is -1.04. The highest BCUT2D eigenvalue weighted by Crippen LogP contribution is 2.27. The van der Waals surface area contributed by atoms with E-state index in [4.69, 9.17) is 0 Å². The smallest absolute Gasteiger partial charge is 0.00725 e. The van der Waals surface area contributed by atoms with Gasteiger partial charge in [-0.1, -0.05) is 30.9 Å². The lowest BCUT2D eigenvalue weighted by Crippen LogP contribution is -1.95. The van der Waals surface area contributed by atoms with E-state index >= 15 is 0 Å². The van der Waals surface area contributed by atoms with Crippen molar-refractivity contribution < 1.29 is 0 Å². The fourth-order valence-corrected chi connectivity index (χ4v) is 1.68. The van der Waals surface area contributed by atoms with Gasteiger partial charge in [-0.15, -0.1) is 0 Å². The Labute approximate surface area is 81.4 Å². The van der Waals surface area contributed by atoms with Gasteiger partial charge in [0, 0.05) is 0 Å². The van der Waals surface area contributed by atoms with Crippen LogP contribution in [0, 0.1) is 0 Å². The van der Waals surface area contributed by atoms with Crippen LogP contribution < -0.4 is 0 Å². The molecule has 70 valence electrons. The van der Waals surface area contributed by atoms with Crippen LogP contribution in [0.3, 0.4) is 0 Å². The quantitative estimate of drug-likeness (QED) is 0.563. The van der Waals surface area contributed by atoms with Crippen molar-refractivity contribution in [1.82, 2.24) is 0 Å². The molecule has 0 bridgehead atoms. The van der Waals surface area contributed by atoms with Gasteiger partial charge in [-0.3, -0.25) is 0 Å². The molecule has 0 spiro atoms. The average Bonchev–Trinajstić information content (AvgIpc) is 2.03. The van der Waals surface area contributed by atoms with Crippen molar-refractivity contribution in [3.63, 3.8) is 0 Å². The minimum atomic E-state index is 0.928. The largest absolute Gasteiger partial charge is 0.0998 e. The van der Waals surface area contributed by atoms with Crippen molar-refractivity contribution in [2.24, 2.45) is 0 Å². The van der Waals surface area contributed by atoms with Crippen molar-refractivity contribution >= 4 is 0 Å². The van der Waals surface area contributed by atoms with Crippen LogP contribution in [0.25, 0.3) is 0 Å². The molecule has 0 N–H and O–H groups in total. The van der Waals surface area contributed by atoms with Crippen molar-refractivity contribution in [3.05, 3.63) is 47.6 Å². The van der Waals surface area contributed by atoms with Gasteiger partial charge < -0.3 is 0 Å². The van der Waals surface area contributed by atoms with Crippen molar-refractivity contribution in [1.29, 1.82) is 0 Å². The Morgan fingerprint density at radius 3 is 2.46 bits per heavy atom. The predicted octanol–water partition coefficient (Wildman–Crippen LogP) is 4.18. The lowest BCUT2D eigenvalue weighted by Gasteiger charge is -2.15. The van der Waals surface area contributed by atoms with E-state index in [0.717, 1.165) is 12.8 Å². The van der Waals surface area contributed by atoms with Gasteiger partial charge in [-0.2, -0.15) is 0 Å². The molecule has 0 unspecified atom stereocenters. The van der Waals surface area contributed by atoms with Crippen molar-refractivity contribution in [3.8, 4) is 0 Å². The van der Waals surface area contributed by atoms with Crippen molar-refractivity contribution in [2.45, 2.75) is 33.1 Å². The highest BCUT2D eigenvalue weighted by atomic mass is 14.1. The van der Waals surface area contributed by atoms with Crippen molar-refractivity contribution in [2.75, 3.05) is 0 Å². The summed E-state index contributed by atoms with van der Waals surface area (Å²) in [5.41, 5.74) is 5.11. The summed E-state index contributed by atoms with van der Waals surface area (Å²) in [6.45, 7) is 12.2. The first-order chi connectivity index (χ1) is 6.11. The molecule has 0 heteroatoms. The van der Waals surface area contributed by atoms with Gasteiger partial charge in [-0.05, 0) is 49.8 Å². The van der Waals surface area contributed by atoms with Gasteiger partial charge >= 0.3 is 0 Å². The van der Waals surface area contributed by atoms with E-state index in [0.29, 0.717) is 0 Å². The molecule has 0 saturated heterocycles. The summed E-state index contributed by atoms with van der Waals surface area (Å²) in [7, 11) is 0. The van der Waals surface area contributed by atoms with E-state index in [1.807, 2.05) is 6.92 Å². The molecular formula is C13H18. The van der Waals surface area contributed by atoms with Gasteiger partial charge in [0.15, 0.2) is 0 Å². The Morgan fingerprint density at radius 2 is 1.92 bits per heavy atom. The fraction of sp³-hybridized carbons (Fsp3) is 0.385. The van der Waals surface area contributed by atoms with E-state index in [1.54, 1.807) is 0 Å². The first-order valence-electron chi connectivity index (χ1n) is 4.81. The molecule has 1 aliphatic carbocycles. The summed E-state index contributed by atoms with van der Waals surface area (Å²) in [4.78, 5) is 0. The standard InChI is InChI=1S/C13H18/c1-10(2)9-12(4)13-8-6-5-7-11(13)3/h7-8H,1,4-6,9H2,2-3H3. The zero-order chi connectivity index (χ0) is 9.84. The van der Waals surface area contributed by atoms with Crippen LogP contribution in [0.5, 0.6) is 0 Å². The molecule has 0 amide bonds. The molecule has 1 rings (SSSR count). The molecule has 0 radical (unpaired) electrons. The summed E-state index contributed by atoms with van der Waals surface area (Å²) >= 11 is 0. The first kappa shape index (κ1) is 10.0. The van der Waals surface area contributed by atoms with E-state index in [-0.39, 0.29) is 0 Å². The molecule has 0 aliphatic heterocycles. The predicted molar refractivity (Wildman–Crippen MR) is 59.6 cm³/mol. The second-order valence-electron chi connectivity index (χ2n) is 3.82. The minimum Gasteiger partial charge on any atom is -0.0998 e. The fourth-order valence-electron chi connectivity index (χ4n) is 1.68. The molecular weight excluding hydrogens is 156 g/mol. The van der Waals surface area contributed by atoms with E-state index < -0.39 is 0 Å². The second-order valence-corrected chi connectivity index (χ2v) is 3.82. The van der Waals surface area contributed by atoms with E-state index in [9.17, 15) is 0 Å². The van der Waals surface area contributed by atoms with Crippen LogP contribution in [0.1, 0.15) is 33.1 Å². The number of hydrogen-bond donors (Lipinski definition) is 0. The van der Waals surface area contributed by atoms with E-state index in [1.165, 1.54) is 28.7 Å². The molecule has 0 heterocycles. The van der Waals surface area contributed by atoms with E-state index in [2.05, 4.69) is 32.2 Å². The normalized spacial score (nSPS) is 16.2. The third-order valence-corrected chi connectivity index (χ3v) is 2.29. The summed E-state index contributed by atoms with van der Waals surface area (Å²) < 4.78 is 0. The number of allylic oxidation sites excluding steroid dienone is 6. The molecule has 0 aromatic heterocycles. The van der Waals surface area contributed by atoms with Gasteiger partial charge in [0.1, 0.15) is 0 Å². The molecule has 0 nitrogen and oxygen atoms in total. The number of hydrogen-bond acceptors (Lipinski definition) is 0. The summed E-state index contributed by atoms with van der Waals surface area (Å²) in [6.07, 6.45) is 7.84. The third kappa shape index (κ3) is 2.73. The minimum absolute atomic E-state index is 0.928. The van der Waals surface area contributed by atoms with Crippen LogP contribution >= 0.6 is 0 Å². The Kier molecular flexibility index (Phi) is 3.30. The Bertz CT molecular complexity index is 287. The van der Waals surface area contributed by atoms with Crippen LogP contribution in [0.2, 0.25) is 0 Å².